The molecular weight excluding hydrogens is 382 g/mol. The van der Waals surface area contributed by atoms with E-state index in [2.05, 4.69) is 32.2 Å². The first-order valence-corrected chi connectivity index (χ1v) is 4.77. The van der Waals surface area contributed by atoms with Crippen LogP contribution >= 0.6 is 0 Å². The molecule has 0 N–H and O–H groups in total. The van der Waals surface area contributed by atoms with Gasteiger partial charge in [0.15, 0.2) is 0 Å². The SMILES string of the molecule is C=[C-]C.C=[C-]CCCCCCC.[U+2]. The molecular formula is C12H22U. The third kappa shape index (κ3) is 32.6. The van der Waals surface area contributed by atoms with Gasteiger partial charge in [-0.1, -0.05) is 39.0 Å². The van der Waals surface area contributed by atoms with Gasteiger partial charge in [0.05, 0.1) is 0 Å². The van der Waals surface area contributed by atoms with E-state index in [1.165, 1.54) is 32.1 Å². The fourth-order valence-electron chi connectivity index (χ4n) is 0.854. The van der Waals surface area contributed by atoms with Crippen LogP contribution in [0.5, 0.6) is 0 Å². The molecule has 0 aromatic carbocycles. The van der Waals surface area contributed by atoms with Crippen molar-refractivity contribution in [1.82, 2.24) is 0 Å². The van der Waals surface area contributed by atoms with Crippen molar-refractivity contribution in [2.75, 3.05) is 0 Å². The summed E-state index contributed by atoms with van der Waals surface area (Å²) in [6.45, 7) is 10.8. The van der Waals surface area contributed by atoms with E-state index in [4.69, 9.17) is 0 Å². The molecule has 0 nitrogen and oxygen atoms in total. The van der Waals surface area contributed by atoms with Crippen LogP contribution < -0.4 is 0 Å². The van der Waals surface area contributed by atoms with E-state index in [9.17, 15) is 0 Å². The topological polar surface area (TPSA) is 0 Å². The largest absolute Gasteiger partial charge is 2.00 e. The second-order valence-corrected chi connectivity index (χ2v) is 2.77. The van der Waals surface area contributed by atoms with Gasteiger partial charge in [-0.05, 0) is 0 Å². The monoisotopic (exact) mass is 404 g/mol. The smallest absolute Gasteiger partial charge is 0.507 e. The number of unbranched alkanes of at least 4 members (excludes halogenated alkanes) is 5. The molecule has 0 bridgehead atoms. The molecule has 0 aliphatic rings. The molecule has 0 saturated carbocycles. The third-order valence-electron chi connectivity index (χ3n) is 1.46. The van der Waals surface area contributed by atoms with Crippen LogP contribution in [-0.2, 0) is 0 Å². The number of allylic oxidation sites excluding steroid dienone is 2. The van der Waals surface area contributed by atoms with Crippen molar-refractivity contribution in [3.63, 3.8) is 0 Å². The predicted octanol–water partition coefficient (Wildman–Crippen LogP) is 4.33. The van der Waals surface area contributed by atoms with Crippen molar-refractivity contribution >= 4 is 0 Å². The van der Waals surface area contributed by atoms with Gasteiger partial charge in [-0.2, -0.15) is 13.3 Å². The van der Waals surface area contributed by atoms with Crippen LogP contribution in [0.2, 0.25) is 0 Å². The summed E-state index contributed by atoms with van der Waals surface area (Å²) in [6.07, 6.45) is 13.2. The summed E-state index contributed by atoms with van der Waals surface area (Å²) >= 11 is 0. The normalized spacial score (nSPS) is 7.54. The van der Waals surface area contributed by atoms with E-state index in [0.717, 1.165) is 6.42 Å². The quantitative estimate of drug-likeness (QED) is 0.457. The summed E-state index contributed by atoms with van der Waals surface area (Å²) in [7, 11) is 0. The minimum atomic E-state index is 0. The molecule has 0 saturated heterocycles. The van der Waals surface area contributed by atoms with Gasteiger partial charge < -0.3 is 12.2 Å². The van der Waals surface area contributed by atoms with Gasteiger partial charge in [0, 0.05) is 0 Å². The Bertz CT molecular complexity index is 87.1. The Morgan fingerprint density at radius 2 is 1.46 bits per heavy atom. The van der Waals surface area contributed by atoms with Crippen molar-refractivity contribution in [1.29, 1.82) is 0 Å². The van der Waals surface area contributed by atoms with Crippen molar-refractivity contribution in [3.05, 3.63) is 25.3 Å². The Hall–Kier alpha value is 0.532. The molecule has 0 amide bonds. The molecule has 0 aliphatic heterocycles. The van der Waals surface area contributed by atoms with Gasteiger partial charge in [0.2, 0.25) is 0 Å². The van der Waals surface area contributed by atoms with Gasteiger partial charge in [-0.25, -0.2) is 0 Å². The summed E-state index contributed by atoms with van der Waals surface area (Å²) in [5.74, 6) is 0. The van der Waals surface area contributed by atoms with E-state index in [-0.39, 0.29) is 31.1 Å². The maximum Gasteiger partial charge on any atom is 2.00 e. The van der Waals surface area contributed by atoms with E-state index >= 15 is 0 Å². The minimum Gasteiger partial charge on any atom is -0.507 e. The van der Waals surface area contributed by atoms with E-state index in [1.807, 2.05) is 0 Å². The standard InChI is InChI=1S/C9H17.C3H5.U/c1-3-5-7-9-8-6-4-2;1-3-2;/h1,4-9H2,2H3;1H2,2H3;/q2*-1;+2. The summed E-state index contributed by atoms with van der Waals surface area (Å²) in [6, 6.07) is 0. The molecule has 0 heterocycles. The molecule has 0 spiro atoms. The number of hydrogen-bond acceptors (Lipinski definition) is 0. The van der Waals surface area contributed by atoms with Gasteiger partial charge in [-0.15, -0.1) is 0 Å². The Morgan fingerprint density at radius 3 is 1.85 bits per heavy atom. The number of hydrogen-bond donors (Lipinski definition) is 0. The maximum atomic E-state index is 3.55. The Kier molecular flexibility index (Phi) is 33.7. The summed E-state index contributed by atoms with van der Waals surface area (Å²) in [5, 5.41) is 0. The van der Waals surface area contributed by atoms with E-state index < -0.39 is 0 Å². The van der Waals surface area contributed by atoms with Crippen LogP contribution in [0.3, 0.4) is 0 Å². The molecule has 0 fully saturated rings. The first-order valence-electron chi connectivity index (χ1n) is 4.77. The third-order valence-corrected chi connectivity index (χ3v) is 1.46. The van der Waals surface area contributed by atoms with Crippen molar-refractivity contribution < 1.29 is 31.1 Å². The van der Waals surface area contributed by atoms with Gasteiger partial charge in [-0.3, -0.25) is 13.2 Å². The predicted molar refractivity (Wildman–Crippen MR) is 56.8 cm³/mol. The molecule has 0 radical (unpaired) electrons. The van der Waals surface area contributed by atoms with Crippen LogP contribution in [0, 0.1) is 43.3 Å². The maximum absolute atomic E-state index is 3.55. The van der Waals surface area contributed by atoms with Crippen molar-refractivity contribution in [3.8, 4) is 0 Å². The molecule has 0 aromatic heterocycles. The van der Waals surface area contributed by atoms with Crippen LogP contribution in [0.15, 0.2) is 13.2 Å². The average molecular weight is 404 g/mol. The molecule has 1 heteroatoms. The number of rotatable bonds is 6. The first-order chi connectivity index (χ1) is 5.83. The zero-order valence-electron chi connectivity index (χ0n) is 9.16. The van der Waals surface area contributed by atoms with Crippen molar-refractivity contribution in [2.45, 2.75) is 52.4 Å². The van der Waals surface area contributed by atoms with Crippen LogP contribution in [0.25, 0.3) is 0 Å². The summed E-state index contributed by atoms with van der Waals surface area (Å²) in [4.78, 5) is 0. The van der Waals surface area contributed by atoms with Gasteiger partial charge in [0.25, 0.3) is 0 Å². The van der Waals surface area contributed by atoms with Gasteiger partial charge >= 0.3 is 31.1 Å². The minimum absolute atomic E-state index is 0. The Labute approximate surface area is 108 Å². The fourth-order valence-corrected chi connectivity index (χ4v) is 0.854. The molecule has 74 valence electrons. The Balaban J connectivity index is -0.000000220. The molecule has 13 heavy (non-hydrogen) atoms. The fraction of sp³-hybridized carbons (Fsp3) is 0.667. The zero-order chi connectivity index (χ0) is 9.66. The second-order valence-electron chi connectivity index (χ2n) is 2.77. The van der Waals surface area contributed by atoms with Crippen LogP contribution in [0.4, 0.5) is 0 Å². The van der Waals surface area contributed by atoms with Gasteiger partial charge in [0.1, 0.15) is 0 Å². The summed E-state index contributed by atoms with van der Waals surface area (Å²) < 4.78 is 0. The zero-order valence-corrected chi connectivity index (χ0v) is 13.3. The van der Waals surface area contributed by atoms with E-state index in [0.29, 0.717) is 0 Å². The van der Waals surface area contributed by atoms with Crippen LogP contribution in [-0.4, -0.2) is 0 Å². The molecule has 0 atom stereocenters. The first kappa shape index (κ1) is 19.2. The van der Waals surface area contributed by atoms with Crippen molar-refractivity contribution in [2.24, 2.45) is 0 Å². The summed E-state index contributed by atoms with van der Waals surface area (Å²) in [5.41, 5.74) is 0. The second kappa shape index (κ2) is 22.9. The molecule has 0 aliphatic carbocycles. The molecule has 0 rings (SSSR count). The van der Waals surface area contributed by atoms with Crippen LogP contribution in [0.1, 0.15) is 52.4 Å². The molecule has 0 aromatic rings. The van der Waals surface area contributed by atoms with E-state index in [1.54, 1.807) is 6.92 Å². The molecule has 0 unspecified atom stereocenters. The average Bonchev–Trinajstić information content (AvgIpc) is 2.06. The Morgan fingerprint density at radius 1 is 1.00 bits per heavy atom.